The lowest BCUT2D eigenvalue weighted by Crippen LogP contribution is -2.23. The van der Waals surface area contributed by atoms with E-state index in [1.807, 2.05) is 50.4 Å². The van der Waals surface area contributed by atoms with Crippen molar-refractivity contribution in [2.45, 2.75) is 25.3 Å². The number of nitrogens with one attached hydrogen (secondary N) is 1. The van der Waals surface area contributed by atoms with E-state index in [4.69, 9.17) is 4.74 Å². The number of ether oxygens (including phenoxy) is 1. The Kier molecular flexibility index (Phi) is 5.11. The van der Waals surface area contributed by atoms with Crippen LogP contribution in [0.2, 0.25) is 0 Å². The summed E-state index contributed by atoms with van der Waals surface area (Å²) in [7, 11) is -2.05. The third-order valence-corrected chi connectivity index (χ3v) is 5.45. The van der Waals surface area contributed by atoms with Gasteiger partial charge in [0.15, 0.2) is 0 Å². The zero-order valence-electron chi connectivity index (χ0n) is 14.9. The molecule has 1 aromatic heterocycles. The third-order valence-electron chi connectivity index (χ3n) is 4.07. The number of nitrogens with zero attached hydrogens (tertiary/aromatic N) is 2. The first-order valence-corrected chi connectivity index (χ1v) is 9.63. The van der Waals surface area contributed by atoms with Crippen molar-refractivity contribution >= 4 is 10.0 Å². The second-order valence-electron chi connectivity index (χ2n) is 6.04. The summed E-state index contributed by atoms with van der Waals surface area (Å²) >= 11 is 0. The van der Waals surface area contributed by atoms with Gasteiger partial charge in [-0.15, -0.1) is 0 Å². The monoisotopic (exact) mass is 371 g/mol. The number of aromatic nitrogens is 2. The van der Waals surface area contributed by atoms with Crippen molar-refractivity contribution in [2.24, 2.45) is 0 Å². The fourth-order valence-corrected chi connectivity index (χ4v) is 4.01. The van der Waals surface area contributed by atoms with Crippen LogP contribution in [0.4, 0.5) is 0 Å². The van der Waals surface area contributed by atoms with Gasteiger partial charge in [-0.25, -0.2) is 17.8 Å². The Hall–Kier alpha value is -2.64. The van der Waals surface area contributed by atoms with Crippen LogP contribution < -0.4 is 9.46 Å². The molecule has 0 saturated carbocycles. The molecule has 0 bridgehead atoms. The molecule has 1 heterocycles. The SMILES string of the molecule is COc1c(C)cc(S(=O)(=O)NCc2cnn(-c3ccccc3)c2)cc1C. The van der Waals surface area contributed by atoms with E-state index in [9.17, 15) is 8.42 Å². The molecule has 2 aromatic carbocycles. The molecule has 136 valence electrons. The Morgan fingerprint density at radius 3 is 2.38 bits per heavy atom. The summed E-state index contributed by atoms with van der Waals surface area (Å²) in [5.74, 6) is 0.702. The van der Waals surface area contributed by atoms with Crippen molar-refractivity contribution in [1.29, 1.82) is 0 Å². The zero-order valence-corrected chi connectivity index (χ0v) is 15.7. The van der Waals surface area contributed by atoms with Crippen LogP contribution in [-0.2, 0) is 16.6 Å². The summed E-state index contributed by atoms with van der Waals surface area (Å²) in [5, 5.41) is 4.28. The Balaban J connectivity index is 1.76. The summed E-state index contributed by atoms with van der Waals surface area (Å²) in [6.45, 7) is 3.82. The second kappa shape index (κ2) is 7.31. The molecule has 3 rings (SSSR count). The molecular weight excluding hydrogens is 350 g/mol. The number of benzene rings is 2. The van der Waals surface area contributed by atoms with Gasteiger partial charge in [-0.1, -0.05) is 18.2 Å². The minimum atomic E-state index is -3.63. The lowest BCUT2D eigenvalue weighted by atomic mass is 10.1. The fraction of sp³-hybridized carbons (Fsp3) is 0.211. The van der Waals surface area contributed by atoms with Crippen LogP contribution in [0.25, 0.3) is 5.69 Å². The molecule has 0 aliphatic heterocycles. The van der Waals surface area contributed by atoms with Gasteiger partial charge in [0.05, 0.1) is 23.9 Å². The van der Waals surface area contributed by atoms with Crippen molar-refractivity contribution in [2.75, 3.05) is 7.11 Å². The molecule has 0 radical (unpaired) electrons. The first kappa shape index (κ1) is 18.2. The number of aryl methyl sites for hydroxylation is 2. The van der Waals surface area contributed by atoms with Gasteiger partial charge in [-0.2, -0.15) is 5.10 Å². The number of hydrogen-bond acceptors (Lipinski definition) is 4. The van der Waals surface area contributed by atoms with Gasteiger partial charge in [0.25, 0.3) is 0 Å². The third kappa shape index (κ3) is 3.79. The molecular formula is C19H21N3O3S. The van der Waals surface area contributed by atoms with Gasteiger partial charge >= 0.3 is 0 Å². The second-order valence-corrected chi connectivity index (χ2v) is 7.81. The van der Waals surface area contributed by atoms with E-state index in [2.05, 4.69) is 9.82 Å². The molecule has 0 fully saturated rings. The van der Waals surface area contributed by atoms with Gasteiger partial charge in [-0.05, 0) is 49.2 Å². The highest BCUT2D eigenvalue weighted by Gasteiger charge is 2.17. The van der Waals surface area contributed by atoms with E-state index in [1.165, 1.54) is 0 Å². The van der Waals surface area contributed by atoms with Crippen LogP contribution in [0.1, 0.15) is 16.7 Å². The van der Waals surface area contributed by atoms with Crippen LogP contribution in [0.15, 0.2) is 59.8 Å². The van der Waals surface area contributed by atoms with E-state index < -0.39 is 10.0 Å². The Bertz CT molecular complexity index is 989. The maximum atomic E-state index is 12.6. The van der Waals surface area contributed by atoms with Crippen LogP contribution in [-0.4, -0.2) is 25.3 Å². The molecule has 6 nitrogen and oxygen atoms in total. The quantitative estimate of drug-likeness (QED) is 0.723. The van der Waals surface area contributed by atoms with Crippen molar-refractivity contribution in [3.05, 3.63) is 71.5 Å². The predicted octanol–water partition coefficient (Wildman–Crippen LogP) is 2.98. The van der Waals surface area contributed by atoms with Crippen LogP contribution >= 0.6 is 0 Å². The van der Waals surface area contributed by atoms with Gasteiger partial charge in [0.1, 0.15) is 5.75 Å². The molecule has 0 amide bonds. The number of sulfonamides is 1. The molecule has 3 aromatic rings. The number of rotatable bonds is 6. The zero-order chi connectivity index (χ0) is 18.7. The molecule has 0 saturated heterocycles. The first-order chi connectivity index (χ1) is 12.4. The number of methoxy groups -OCH3 is 1. The van der Waals surface area contributed by atoms with E-state index in [0.29, 0.717) is 5.75 Å². The van der Waals surface area contributed by atoms with Crippen molar-refractivity contribution in [3.8, 4) is 11.4 Å². The molecule has 0 spiro atoms. The van der Waals surface area contributed by atoms with E-state index >= 15 is 0 Å². The summed E-state index contributed by atoms with van der Waals surface area (Å²) < 4.78 is 34.8. The minimum absolute atomic E-state index is 0.166. The summed E-state index contributed by atoms with van der Waals surface area (Å²) in [4.78, 5) is 0.226. The topological polar surface area (TPSA) is 73.2 Å². The highest BCUT2D eigenvalue weighted by atomic mass is 32.2. The van der Waals surface area contributed by atoms with Crippen molar-refractivity contribution < 1.29 is 13.2 Å². The highest BCUT2D eigenvalue weighted by molar-refractivity contribution is 7.89. The standard InChI is InChI=1S/C19H21N3O3S/c1-14-9-18(10-15(2)19(14)25-3)26(23,24)21-12-16-11-20-22(13-16)17-7-5-4-6-8-17/h4-11,13,21H,12H2,1-3H3. The molecule has 0 aliphatic carbocycles. The number of para-hydroxylation sites is 1. The first-order valence-electron chi connectivity index (χ1n) is 8.14. The van der Waals surface area contributed by atoms with E-state index in [0.717, 1.165) is 22.4 Å². The lowest BCUT2D eigenvalue weighted by molar-refractivity contribution is 0.408. The maximum Gasteiger partial charge on any atom is 0.240 e. The predicted molar refractivity (Wildman–Crippen MR) is 100 cm³/mol. The highest BCUT2D eigenvalue weighted by Crippen LogP contribution is 2.26. The van der Waals surface area contributed by atoms with E-state index in [1.54, 1.807) is 30.1 Å². The van der Waals surface area contributed by atoms with Gasteiger partial charge in [0, 0.05) is 18.3 Å². The Morgan fingerprint density at radius 1 is 1.12 bits per heavy atom. The number of hydrogen-bond donors (Lipinski definition) is 1. The van der Waals surface area contributed by atoms with Gasteiger partial charge in [-0.3, -0.25) is 0 Å². The summed E-state index contributed by atoms with van der Waals surface area (Å²) in [5.41, 5.74) is 3.26. The van der Waals surface area contributed by atoms with Crippen LogP contribution in [0.3, 0.4) is 0 Å². The van der Waals surface area contributed by atoms with E-state index in [-0.39, 0.29) is 11.4 Å². The largest absolute Gasteiger partial charge is 0.496 e. The lowest BCUT2D eigenvalue weighted by Gasteiger charge is -2.12. The fourth-order valence-electron chi connectivity index (χ4n) is 2.82. The average Bonchev–Trinajstić information content (AvgIpc) is 3.10. The van der Waals surface area contributed by atoms with Gasteiger partial charge in [0.2, 0.25) is 10.0 Å². The normalized spacial score (nSPS) is 11.5. The summed E-state index contributed by atoms with van der Waals surface area (Å²) in [6.07, 6.45) is 3.46. The molecule has 0 unspecified atom stereocenters. The van der Waals surface area contributed by atoms with Crippen LogP contribution in [0, 0.1) is 13.8 Å². The van der Waals surface area contributed by atoms with Gasteiger partial charge < -0.3 is 4.74 Å². The summed E-state index contributed by atoms with van der Waals surface area (Å²) in [6, 6.07) is 12.9. The molecule has 26 heavy (non-hydrogen) atoms. The Labute approximate surface area is 153 Å². The molecule has 1 N–H and O–H groups in total. The smallest absolute Gasteiger partial charge is 0.240 e. The Morgan fingerprint density at radius 2 is 1.77 bits per heavy atom. The average molecular weight is 371 g/mol. The van der Waals surface area contributed by atoms with Crippen molar-refractivity contribution in [1.82, 2.24) is 14.5 Å². The molecule has 0 aliphatic rings. The molecule has 0 atom stereocenters. The molecule has 7 heteroatoms. The van der Waals surface area contributed by atoms with Crippen molar-refractivity contribution in [3.63, 3.8) is 0 Å². The van der Waals surface area contributed by atoms with Crippen LogP contribution in [0.5, 0.6) is 5.75 Å². The minimum Gasteiger partial charge on any atom is -0.496 e. The maximum absolute atomic E-state index is 12.6.